The number of halogens is 2. The van der Waals surface area contributed by atoms with Gasteiger partial charge in [0.05, 0.1) is 4.92 Å². The van der Waals surface area contributed by atoms with E-state index in [0.717, 1.165) is 18.2 Å². The number of nitrogens with one attached hydrogen (secondary N) is 1. The molecule has 0 saturated heterocycles. The zero-order valence-electron chi connectivity index (χ0n) is 7.17. The van der Waals surface area contributed by atoms with Crippen LogP contribution in [0.25, 0.3) is 0 Å². The molecule has 0 aliphatic carbocycles. The summed E-state index contributed by atoms with van der Waals surface area (Å²) < 4.78 is 24.5. The molecule has 1 aromatic rings. The lowest BCUT2D eigenvalue weighted by atomic mass is 10.2. The summed E-state index contributed by atoms with van der Waals surface area (Å²) in [6.45, 7) is -0.752. The second-order valence-electron chi connectivity index (χ2n) is 2.53. The second kappa shape index (κ2) is 4.50. The molecule has 0 amide bonds. The Morgan fingerprint density at radius 3 is 2.79 bits per heavy atom. The number of hydrogen-bond donors (Lipinski definition) is 1. The molecule has 0 aromatic heterocycles. The Bertz CT molecular complexity index is 344. The SMILES string of the molecule is O=[N+]([O-])c1ccc(F)cc1NCCF. The predicted octanol–water partition coefficient (Wildman–Crippen LogP) is 2.12. The maximum Gasteiger partial charge on any atom is 0.292 e. The Hall–Kier alpha value is -1.72. The van der Waals surface area contributed by atoms with Gasteiger partial charge in [-0.15, -0.1) is 0 Å². The highest BCUT2D eigenvalue weighted by Gasteiger charge is 2.13. The Balaban J connectivity index is 2.97. The predicted molar refractivity (Wildman–Crippen MR) is 47.5 cm³/mol. The van der Waals surface area contributed by atoms with Crippen LogP contribution in [-0.4, -0.2) is 18.1 Å². The van der Waals surface area contributed by atoms with Crippen LogP contribution < -0.4 is 5.32 Å². The highest BCUT2D eigenvalue weighted by Crippen LogP contribution is 2.24. The first-order valence-corrected chi connectivity index (χ1v) is 3.89. The summed E-state index contributed by atoms with van der Waals surface area (Å²) in [7, 11) is 0. The molecule has 0 radical (unpaired) electrons. The van der Waals surface area contributed by atoms with Crippen LogP contribution in [0.15, 0.2) is 18.2 Å². The zero-order chi connectivity index (χ0) is 10.6. The summed E-state index contributed by atoms with van der Waals surface area (Å²) in [5, 5.41) is 12.9. The van der Waals surface area contributed by atoms with Gasteiger partial charge in [-0.1, -0.05) is 0 Å². The first kappa shape index (κ1) is 10.4. The first-order chi connectivity index (χ1) is 6.65. The van der Waals surface area contributed by atoms with E-state index in [4.69, 9.17) is 0 Å². The Kier molecular flexibility index (Phi) is 3.33. The van der Waals surface area contributed by atoms with Crippen molar-refractivity contribution in [2.24, 2.45) is 0 Å². The largest absolute Gasteiger partial charge is 0.377 e. The van der Waals surface area contributed by atoms with E-state index in [1.165, 1.54) is 0 Å². The third kappa shape index (κ3) is 2.38. The summed E-state index contributed by atoms with van der Waals surface area (Å²) in [4.78, 5) is 9.79. The number of rotatable bonds is 4. The maximum atomic E-state index is 12.7. The Morgan fingerprint density at radius 2 is 2.21 bits per heavy atom. The molecule has 1 N–H and O–H groups in total. The van der Waals surface area contributed by atoms with Crippen molar-refractivity contribution in [2.45, 2.75) is 0 Å². The molecular weight excluding hydrogens is 194 g/mol. The fraction of sp³-hybridized carbons (Fsp3) is 0.250. The topological polar surface area (TPSA) is 55.2 Å². The monoisotopic (exact) mass is 202 g/mol. The van der Waals surface area contributed by atoms with Crippen LogP contribution >= 0.6 is 0 Å². The fourth-order valence-electron chi connectivity index (χ4n) is 0.991. The van der Waals surface area contributed by atoms with Gasteiger partial charge in [0.2, 0.25) is 0 Å². The number of nitro groups is 1. The highest BCUT2D eigenvalue weighted by atomic mass is 19.1. The molecule has 0 bridgehead atoms. The highest BCUT2D eigenvalue weighted by molar-refractivity contribution is 5.61. The standard InChI is InChI=1S/C8H8F2N2O2/c9-3-4-11-7-5-6(10)1-2-8(7)12(13)14/h1-2,5,11H,3-4H2. The molecule has 1 rings (SSSR count). The van der Waals surface area contributed by atoms with Crippen LogP contribution in [-0.2, 0) is 0 Å². The summed E-state index contributed by atoms with van der Waals surface area (Å²) >= 11 is 0. The van der Waals surface area contributed by atoms with E-state index in [-0.39, 0.29) is 17.9 Å². The van der Waals surface area contributed by atoms with E-state index in [1.807, 2.05) is 0 Å². The maximum absolute atomic E-state index is 12.7. The lowest BCUT2D eigenvalue weighted by molar-refractivity contribution is -0.384. The minimum atomic E-state index is -0.673. The number of hydrogen-bond acceptors (Lipinski definition) is 3. The van der Waals surface area contributed by atoms with Gasteiger partial charge in [0.1, 0.15) is 18.2 Å². The molecule has 1 aromatic carbocycles. The average Bonchev–Trinajstić information content (AvgIpc) is 2.14. The fourth-order valence-corrected chi connectivity index (χ4v) is 0.991. The molecule has 0 fully saturated rings. The van der Waals surface area contributed by atoms with Gasteiger partial charge in [-0.25, -0.2) is 8.78 Å². The summed E-state index contributed by atoms with van der Waals surface area (Å²) in [5.41, 5.74) is -0.271. The molecule has 0 spiro atoms. The van der Waals surface area contributed by atoms with Crippen LogP contribution in [0.3, 0.4) is 0 Å². The minimum absolute atomic E-state index is 0.00681. The van der Waals surface area contributed by atoms with Gasteiger partial charge in [-0.2, -0.15) is 0 Å². The number of nitro benzene ring substituents is 1. The smallest absolute Gasteiger partial charge is 0.292 e. The van der Waals surface area contributed by atoms with Gasteiger partial charge in [0.25, 0.3) is 5.69 Å². The van der Waals surface area contributed by atoms with Crippen molar-refractivity contribution in [3.63, 3.8) is 0 Å². The van der Waals surface area contributed by atoms with Crippen molar-refractivity contribution in [3.05, 3.63) is 34.1 Å². The molecule has 0 unspecified atom stereocenters. The van der Waals surface area contributed by atoms with Crippen LogP contribution in [0, 0.1) is 15.9 Å². The molecular formula is C8H8F2N2O2. The van der Waals surface area contributed by atoms with E-state index in [0.29, 0.717) is 0 Å². The van der Waals surface area contributed by atoms with Crippen LogP contribution in [0.1, 0.15) is 0 Å². The molecule has 0 saturated carbocycles. The second-order valence-corrected chi connectivity index (χ2v) is 2.53. The summed E-state index contributed by atoms with van der Waals surface area (Å²) in [6.07, 6.45) is 0. The summed E-state index contributed by atoms with van der Waals surface area (Å²) in [5.74, 6) is -0.600. The first-order valence-electron chi connectivity index (χ1n) is 3.89. The van der Waals surface area contributed by atoms with Crippen LogP contribution in [0.2, 0.25) is 0 Å². The van der Waals surface area contributed by atoms with E-state index >= 15 is 0 Å². The van der Waals surface area contributed by atoms with Crippen LogP contribution in [0.4, 0.5) is 20.2 Å². The van der Waals surface area contributed by atoms with E-state index in [2.05, 4.69) is 5.32 Å². The minimum Gasteiger partial charge on any atom is -0.377 e. The van der Waals surface area contributed by atoms with Crippen molar-refractivity contribution in [1.82, 2.24) is 0 Å². The quantitative estimate of drug-likeness (QED) is 0.601. The Labute approximate surface area is 78.7 Å². The molecule has 0 aliphatic heterocycles. The molecule has 6 heteroatoms. The van der Waals surface area contributed by atoms with Crippen molar-refractivity contribution in [3.8, 4) is 0 Å². The van der Waals surface area contributed by atoms with E-state index in [1.54, 1.807) is 0 Å². The number of anilines is 1. The van der Waals surface area contributed by atoms with E-state index < -0.39 is 17.4 Å². The zero-order valence-corrected chi connectivity index (χ0v) is 7.17. The normalized spacial score (nSPS) is 9.86. The van der Waals surface area contributed by atoms with E-state index in [9.17, 15) is 18.9 Å². The van der Waals surface area contributed by atoms with Crippen molar-refractivity contribution in [1.29, 1.82) is 0 Å². The van der Waals surface area contributed by atoms with Gasteiger partial charge in [0, 0.05) is 18.7 Å². The number of nitrogens with zero attached hydrogens (tertiary/aromatic N) is 1. The molecule has 0 heterocycles. The average molecular weight is 202 g/mol. The van der Waals surface area contributed by atoms with Gasteiger partial charge < -0.3 is 5.32 Å². The Morgan fingerprint density at radius 1 is 1.50 bits per heavy atom. The lowest BCUT2D eigenvalue weighted by Gasteiger charge is -2.04. The number of benzene rings is 1. The molecule has 0 aliphatic rings. The van der Waals surface area contributed by atoms with Gasteiger partial charge in [-0.05, 0) is 6.07 Å². The van der Waals surface area contributed by atoms with Crippen molar-refractivity contribution < 1.29 is 13.7 Å². The van der Waals surface area contributed by atoms with Crippen molar-refractivity contribution in [2.75, 3.05) is 18.5 Å². The van der Waals surface area contributed by atoms with Crippen molar-refractivity contribution >= 4 is 11.4 Å². The molecule has 14 heavy (non-hydrogen) atoms. The van der Waals surface area contributed by atoms with Crippen LogP contribution in [0.5, 0.6) is 0 Å². The van der Waals surface area contributed by atoms with Gasteiger partial charge in [0.15, 0.2) is 0 Å². The number of alkyl halides is 1. The molecule has 76 valence electrons. The molecule has 0 atom stereocenters. The lowest BCUT2D eigenvalue weighted by Crippen LogP contribution is -2.05. The summed E-state index contributed by atoms with van der Waals surface area (Å²) in [6, 6.07) is 2.99. The molecule has 4 nitrogen and oxygen atoms in total. The third-order valence-electron chi connectivity index (χ3n) is 1.57. The van der Waals surface area contributed by atoms with Gasteiger partial charge >= 0.3 is 0 Å². The van der Waals surface area contributed by atoms with Gasteiger partial charge in [-0.3, -0.25) is 10.1 Å². The third-order valence-corrected chi connectivity index (χ3v) is 1.57.